The molecular formula is C47H80O7. The molecule has 0 bridgehead atoms. The topological polar surface area (TPSA) is 99.1 Å². The fourth-order valence-corrected chi connectivity index (χ4v) is 7.37. The van der Waals surface area contributed by atoms with E-state index in [4.69, 9.17) is 18.3 Å². The second kappa shape index (κ2) is 29.7. The summed E-state index contributed by atoms with van der Waals surface area (Å²) >= 11 is 0. The van der Waals surface area contributed by atoms with E-state index >= 15 is 0 Å². The number of hydrogen-bond acceptors (Lipinski definition) is 7. The van der Waals surface area contributed by atoms with Gasteiger partial charge >= 0.3 is 11.9 Å². The smallest absolute Gasteiger partial charge is 0.306 e. The van der Waals surface area contributed by atoms with Crippen LogP contribution in [0, 0.1) is 27.7 Å². The zero-order valence-corrected chi connectivity index (χ0v) is 35.7. The summed E-state index contributed by atoms with van der Waals surface area (Å²) in [4.78, 5) is 24.5. The molecule has 2 aromatic rings. The first-order chi connectivity index (χ1) is 26.2. The lowest BCUT2D eigenvalue weighted by Gasteiger charge is -2.15. The second-order valence-electron chi connectivity index (χ2n) is 15.9. The normalized spacial score (nSPS) is 12.1. The van der Waals surface area contributed by atoms with E-state index in [0.29, 0.717) is 12.8 Å². The predicted molar refractivity (Wildman–Crippen MR) is 221 cm³/mol. The number of unbranched alkanes of at least 4 members (excludes halogenated alkanes) is 18. The number of rotatable bonds is 34. The number of furan rings is 2. The molecule has 0 unspecified atom stereocenters. The summed E-state index contributed by atoms with van der Waals surface area (Å²) < 4.78 is 23.0. The van der Waals surface area contributed by atoms with Crippen LogP contribution in [-0.4, -0.2) is 36.4 Å². The van der Waals surface area contributed by atoms with Crippen LogP contribution >= 0.6 is 0 Å². The largest absolute Gasteiger partial charge is 0.466 e. The van der Waals surface area contributed by atoms with E-state index in [0.717, 1.165) is 76.4 Å². The molecule has 0 aromatic carbocycles. The van der Waals surface area contributed by atoms with E-state index in [-0.39, 0.29) is 25.2 Å². The first-order valence-electron chi connectivity index (χ1n) is 22.3. The SMILES string of the molecule is CCCCCc1oc(CCCCCCCCCCCCC(=O)OC[C@H](CO)OC(=O)CCCCCCCCCCc2oc(CCC)c(C)c2C)c(C)c1C. The van der Waals surface area contributed by atoms with Crippen LogP contribution in [0.25, 0.3) is 0 Å². The van der Waals surface area contributed by atoms with Gasteiger partial charge in [-0.25, -0.2) is 0 Å². The third-order valence-corrected chi connectivity index (χ3v) is 11.3. The second-order valence-corrected chi connectivity index (χ2v) is 15.9. The average Bonchev–Trinajstić information content (AvgIpc) is 3.59. The molecule has 2 heterocycles. The van der Waals surface area contributed by atoms with Crippen LogP contribution in [0.2, 0.25) is 0 Å². The Morgan fingerprint density at radius 3 is 1.22 bits per heavy atom. The lowest BCUT2D eigenvalue weighted by Crippen LogP contribution is -2.28. The van der Waals surface area contributed by atoms with Gasteiger partial charge in [0.15, 0.2) is 6.10 Å². The van der Waals surface area contributed by atoms with Crippen molar-refractivity contribution in [3.8, 4) is 0 Å². The molecule has 0 aliphatic heterocycles. The van der Waals surface area contributed by atoms with Crippen molar-refractivity contribution < 1.29 is 33.0 Å². The Kier molecular flexibility index (Phi) is 26.2. The number of carbonyl (C=O) groups excluding carboxylic acids is 2. The molecule has 7 heteroatoms. The highest BCUT2D eigenvalue weighted by Crippen LogP contribution is 2.26. The van der Waals surface area contributed by atoms with Gasteiger partial charge in [-0.05, 0) is 88.5 Å². The maximum Gasteiger partial charge on any atom is 0.306 e. The van der Waals surface area contributed by atoms with E-state index in [1.165, 1.54) is 136 Å². The molecule has 0 saturated heterocycles. The molecule has 310 valence electrons. The van der Waals surface area contributed by atoms with Crippen molar-refractivity contribution in [2.75, 3.05) is 13.2 Å². The fourth-order valence-electron chi connectivity index (χ4n) is 7.37. The van der Waals surface area contributed by atoms with Crippen molar-refractivity contribution in [2.45, 2.75) is 227 Å². The van der Waals surface area contributed by atoms with Crippen molar-refractivity contribution in [3.05, 3.63) is 45.3 Å². The minimum absolute atomic E-state index is 0.0824. The average molecular weight is 757 g/mol. The Morgan fingerprint density at radius 1 is 0.481 bits per heavy atom. The number of hydrogen-bond donors (Lipinski definition) is 1. The van der Waals surface area contributed by atoms with Gasteiger partial charge in [0.25, 0.3) is 0 Å². The van der Waals surface area contributed by atoms with Gasteiger partial charge in [0.2, 0.25) is 0 Å². The van der Waals surface area contributed by atoms with Gasteiger partial charge in [-0.2, -0.15) is 0 Å². The van der Waals surface area contributed by atoms with Crippen LogP contribution in [0.1, 0.15) is 213 Å². The lowest BCUT2D eigenvalue weighted by atomic mass is 10.0. The molecular weight excluding hydrogens is 677 g/mol. The van der Waals surface area contributed by atoms with Gasteiger partial charge in [0.1, 0.15) is 29.6 Å². The van der Waals surface area contributed by atoms with E-state index in [1.807, 2.05) is 0 Å². The number of esters is 2. The highest BCUT2D eigenvalue weighted by atomic mass is 16.6. The molecule has 7 nitrogen and oxygen atoms in total. The zero-order valence-electron chi connectivity index (χ0n) is 35.7. The zero-order chi connectivity index (χ0) is 39.4. The van der Waals surface area contributed by atoms with Gasteiger partial charge in [0.05, 0.1) is 6.61 Å². The number of aliphatic hydroxyl groups is 1. The van der Waals surface area contributed by atoms with Gasteiger partial charge in [-0.3, -0.25) is 9.59 Å². The molecule has 0 amide bonds. The number of aliphatic hydroxyl groups excluding tert-OH is 1. The molecule has 2 rings (SSSR count). The Hall–Kier alpha value is -2.54. The summed E-state index contributed by atoms with van der Waals surface area (Å²) in [6.07, 6.45) is 29.6. The van der Waals surface area contributed by atoms with Crippen LogP contribution in [-0.2, 0) is 44.7 Å². The Labute approximate surface area is 330 Å². The number of carbonyl (C=O) groups is 2. The van der Waals surface area contributed by atoms with Crippen LogP contribution in [0.4, 0.5) is 0 Å². The van der Waals surface area contributed by atoms with Gasteiger partial charge in [0, 0.05) is 38.5 Å². The third-order valence-electron chi connectivity index (χ3n) is 11.3. The molecule has 0 saturated carbocycles. The summed E-state index contributed by atoms with van der Waals surface area (Å²) in [6, 6.07) is 0. The lowest BCUT2D eigenvalue weighted by molar-refractivity contribution is -0.161. The molecule has 0 aliphatic rings. The molecule has 0 aliphatic carbocycles. The van der Waals surface area contributed by atoms with Gasteiger partial charge < -0.3 is 23.4 Å². The Bertz CT molecular complexity index is 1270. The molecule has 0 fully saturated rings. The van der Waals surface area contributed by atoms with Crippen molar-refractivity contribution in [2.24, 2.45) is 0 Å². The highest BCUT2D eigenvalue weighted by molar-refractivity contribution is 5.70. The molecule has 54 heavy (non-hydrogen) atoms. The summed E-state index contributed by atoms with van der Waals surface area (Å²) in [5, 5.41) is 9.63. The van der Waals surface area contributed by atoms with Gasteiger partial charge in [-0.1, -0.05) is 117 Å². The van der Waals surface area contributed by atoms with Crippen LogP contribution in [0.5, 0.6) is 0 Å². The molecule has 0 spiro atoms. The Balaban J connectivity index is 1.37. The summed E-state index contributed by atoms with van der Waals surface area (Å²) in [6.45, 7) is 12.8. The predicted octanol–water partition coefficient (Wildman–Crippen LogP) is 12.8. The van der Waals surface area contributed by atoms with Crippen molar-refractivity contribution >= 4 is 11.9 Å². The number of ether oxygens (including phenoxy) is 2. The summed E-state index contributed by atoms with van der Waals surface area (Å²) in [7, 11) is 0. The van der Waals surface area contributed by atoms with Gasteiger partial charge in [-0.15, -0.1) is 0 Å². The molecule has 1 atom stereocenters. The molecule has 0 radical (unpaired) electrons. The minimum atomic E-state index is -0.791. The monoisotopic (exact) mass is 757 g/mol. The van der Waals surface area contributed by atoms with Crippen molar-refractivity contribution in [3.63, 3.8) is 0 Å². The fraction of sp³-hybridized carbons (Fsp3) is 0.787. The third kappa shape index (κ3) is 19.9. The van der Waals surface area contributed by atoms with Crippen molar-refractivity contribution in [1.82, 2.24) is 0 Å². The first-order valence-corrected chi connectivity index (χ1v) is 22.3. The quantitative estimate of drug-likeness (QED) is 0.0560. The maximum absolute atomic E-state index is 12.3. The van der Waals surface area contributed by atoms with Crippen molar-refractivity contribution in [1.29, 1.82) is 0 Å². The standard InChI is InChI=1S/C47H80O7/c1-7-9-24-30-43-39(5)40(6)45(54-43)32-26-20-16-12-10-11-13-18-22-27-33-46(49)51-36-41(35-48)52-47(50)34-28-23-19-15-14-17-21-25-31-44-38(4)37(3)42(53-44)29-8-2/h41,48H,7-36H2,1-6H3/t41-/m0/s1. The summed E-state index contributed by atoms with van der Waals surface area (Å²) in [5.74, 6) is 4.13. The van der Waals surface area contributed by atoms with E-state index in [9.17, 15) is 14.7 Å². The maximum atomic E-state index is 12.3. The van der Waals surface area contributed by atoms with E-state index < -0.39 is 6.10 Å². The number of aryl methyl sites for hydroxylation is 4. The molecule has 1 N–H and O–H groups in total. The highest BCUT2D eigenvalue weighted by Gasteiger charge is 2.17. The minimum Gasteiger partial charge on any atom is -0.466 e. The first kappa shape index (κ1) is 47.6. The van der Waals surface area contributed by atoms with E-state index in [2.05, 4.69) is 41.5 Å². The molecule has 2 aromatic heterocycles. The van der Waals surface area contributed by atoms with E-state index in [1.54, 1.807) is 0 Å². The summed E-state index contributed by atoms with van der Waals surface area (Å²) in [5.41, 5.74) is 5.39. The Morgan fingerprint density at radius 2 is 0.833 bits per heavy atom. The van der Waals surface area contributed by atoms with Crippen LogP contribution in [0.15, 0.2) is 8.83 Å². The van der Waals surface area contributed by atoms with Crippen LogP contribution in [0.3, 0.4) is 0 Å². The van der Waals surface area contributed by atoms with Crippen LogP contribution < -0.4 is 0 Å².